The third-order valence-corrected chi connectivity index (χ3v) is 3.11. The molecule has 0 radical (unpaired) electrons. The van der Waals surface area contributed by atoms with Crippen molar-refractivity contribution in [3.63, 3.8) is 0 Å². The number of aromatic carboxylic acids is 1. The fourth-order valence-corrected chi connectivity index (χ4v) is 1.83. The summed E-state index contributed by atoms with van der Waals surface area (Å²) in [6.45, 7) is 0.334. The van der Waals surface area contributed by atoms with Gasteiger partial charge < -0.3 is 20.5 Å². The zero-order chi connectivity index (χ0) is 15.4. The summed E-state index contributed by atoms with van der Waals surface area (Å²) < 4.78 is 5.71. The number of rotatable bonds is 5. The summed E-state index contributed by atoms with van der Waals surface area (Å²) in [7, 11) is 3.89. The maximum absolute atomic E-state index is 10.8. The molecule has 0 fully saturated rings. The van der Waals surface area contributed by atoms with E-state index in [0.717, 1.165) is 11.3 Å². The average Bonchev–Trinajstić information content (AvgIpc) is 2.46. The van der Waals surface area contributed by atoms with Gasteiger partial charge in [0.25, 0.3) is 0 Å². The van der Waals surface area contributed by atoms with Gasteiger partial charge in [-0.15, -0.1) is 0 Å². The number of ether oxygens (including phenoxy) is 1. The predicted octanol–water partition coefficient (Wildman–Crippen LogP) is 2.61. The van der Waals surface area contributed by atoms with Crippen LogP contribution in [0.4, 0.5) is 11.4 Å². The molecule has 0 atom stereocenters. The molecule has 0 saturated carbocycles. The molecule has 0 saturated heterocycles. The highest BCUT2D eigenvalue weighted by molar-refractivity contribution is 5.87. The van der Waals surface area contributed by atoms with Gasteiger partial charge in [-0.2, -0.15) is 0 Å². The molecule has 0 aromatic heterocycles. The van der Waals surface area contributed by atoms with Crippen LogP contribution in [0.2, 0.25) is 0 Å². The van der Waals surface area contributed by atoms with Gasteiger partial charge in [-0.1, -0.05) is 12.1 Å². The van der Waals surface area contributed by atoms with E-state index in [1.807, 2.05) is 31.1 Å². The van der Waals surface area contributed by atoms with Crippen LogP contribution in [0.3, 0.4) is 0 Å². The van der Waals surface area contributed by atoms with Crippen molar-refractivity contribution in [1.29, 1.82) is 0 Å². The predicted molar refractivity (Wildman–Crippen MR) is 82.9 cm³/mol. The number of carboxylic acids is 1. The number of carboxylic acid groups (broad SMARTS) is 1. The lowest BCUT2D eigenvalue weighted by Gasteiger charge is -2.15. The molecule has 5 nitrogen and oxygen atoms in total. The minimum atomic E-state index is -0.939. The summed E-state index contributed by atoms with van der Waals surface area (Å²) in [5.41, 5.74) is 8.61. The van der Waals surface area contributed by atoms with Crippen molar-refractivity contribution >= 4 is 17.3 Å². The Morgan fingerprint density at radius 2 is 1.86 bits per heavy atom. The van der Waals surface area contributed by atoms with Crippen LogP contribution >= 0.6 is 0 Å². The van der Waals surface area contributed by atoms with Crippen LogP contribution in [0, 0.1) is 0 Å². The van der Waals surface area contributed by atoms with Crippen LogP contribution in [0.15, 0.2) is 42.5 Å². The van der Waals surface area contributed by atoms with E-state index < -0.39 is 5.97 Å². The van der Waals surface area contributed by atoms with Crippen molar-refractivity contribution in [1.82, 2.24) is 0 Å². The Morgan fingerprint density at radius 3 is 2.43 bits per heavy atom. The van der Waals surface area contributed by atoms with E-state index in [0.29, 0.717) is 18.0 Å². The zero-order valence-electron chi connectivity index (χ0n) is 12.0. The largest absolute Gasteiger partial charge is 0.487 e. The first-order chi connectivity index (χ1) is 9.97. The van der Waals surface area contributed by atoms with Gasteiger partial charge in [-0.3, -0.25) is 0 Å². The number of hydrogen-bond donors (Lipinski definition) is 2. The van der Waals surface area contributed by atoms with Gasteiger partial charge >= 0.3 is 5.97 Å². The molecule has 21 heavy (non-hydrogen) atoms. The monoisotopic (exact) mass is 286 g/mol. The average molecular weight is 286 g/mol. The quantitative estimate of drug-likeness (QED) is 0.826. The van der Waals surface area contributed by atoms with E-state index in [2.05, 4.69) is 0 Å². The lowest BCUT2D eigenvalue weighted by molar-refractivity contribution is 0.0697. The summed E-state index contributed by atoms with van der Waals surface area (Å²) in [6, 6.07) is 12.2. The number of anilines is 2. The lowest BCUT2D eigenvalue weighted by Crippen LogP contribution is -2.09. The second kappa shape index (κ2) is 6.17. The highest BCUT2D eigenvalue weighted by Crippen LogP contribution is 2.27. The second-order valence-electron chi connectivity index (χ2n) is 4.91. The summed E-state index contributed by atoms with van der Waals surface area (Å²) in [5, 5.41) is 8.85. The molecular formula is C16H18N2O3. The maximum atomic E-state index is 10.8. The van der Waals surface area contributed by atoms with E-state index in [1.54, 1.807) is 30.3 Å². The molecule has 2 rings (SSSR count). The van der Waals surface area contributed by atoms with E-state index >= 15 is 0 Å². The summed E-state index contributed by atoms with van der Waals surface area (Å²) in [6.07, 6.45) is 0. The molecule has 2 aromatic rings. The normalized spacial score (nSPS) is 10.2. The first-order valence-corrected chi connectivity index (χ1v) is 6.49. The fourth-order valence-electron chi connectivity index (χ4n) is 1.83. The molecular weight excluding hydrogens is 268 g/mol. The Labute approximate surface area is 123 Å². The van der Waals surface area contributed by atoms with Gasteiger partial charge in [0.05, 0.1) is 11.3 Å². The molecule has 0 heterocycles. The van der Waals surface area contributed by atoms with Crippen molar-refractivity contribution in [2.75, 3.05) is 24.7 Å². The number of benzene rings is 2. The van der Waals surface area contributed by atoms with Crippen molar-refractivity contribution in [3.05, 3.63) is 53.6 Å². The highest BCUT2D eigenvalue weighted by atomic mass is 16.5. The van der Waals surface area contributed by atoms with E-state index in [1.165, 1.54) is 0 Å². The number of hydrogen-bond acceptors (Lipinski definition) is 4. The van der Waals surface area contributed by atoms with Crippen LogP contribution in [-0.2, 0) is 6.61 Å². The molecule has 3 N–H and O–H groups in total. The molecule has 0 amide bonds. The van der Waals surface area contributed by atoms with Gasteiger partial charge in [0.1, 0.15) is 12.4 Å². The molecule has 110 valence electrons. The van der Waals surface area contributed by atoms with Crippen molar-refractivity contribution < 1.29 is 14.6 Å². The van der Waals surface area contributed by atoms with Crippen molar-refractivity contribution in [2.45, 2.75) is 6.61 Å². The number of nitrogen functional groups attached to an aromatic ring is 1. The molecule has 2 aromatic carbocycles. The van der Waals surface area contributed by atoms with E-state index in [9.17, 15) is 4.79 Å². The molecule has 0 aliphatic heterocycles. The van der Waals surface area contributed by atoms with Gasteiger partial charge in [0.15, 0.2) is 0 Å². The van der Waals surface area contributed by atoms with Crippen LogP contribution in [-0.4, -0.2) is 25.2 Å². The van der Waals surface area contributed by atoms with Gasteiger partial charge in [0, 0.05) is 25.8 Å². The Kier molecular flexibility index (Phi) is 4.33. The lowest BCUT2D eigenvalue weighted by atomic mass is 10.1. The molecule has 5 heteroatoms. The van der Waals surface area contributed by atoms with Crippen LogP contribution < -0.4 is 15.4 Å². The smallest absolute Gasteiger partial charge is 0.335 e. The standard InChI is InChI=1S/C16H18N2O3/c1-18(2)13-7-8-14(17)15(9-13)21-10-11-3-5-12(6-4-11)16(19)20/h3-9H,10,17H2,1-2H3,(H,19,20). The Balaban J connectivity index is 2.08. The Bertz CT molecular complexity index is 636. The first-order valence-electron chi connectivity index (χ1n) is 6.49. The summed E-state index contributed by atoms with van der Waals surface area (Å²) in [5.74, 6) is -0.325. The fraction of sp³-hybridized carbons (Fsp3) is 0.188. The summed E-state index contributed by atoms with van der Waals surface area (Å²) >= 11 is 0. The molecule has 0 bridgehead atoms. The third-order valence-electron chi connectivity index (χ3n) is 3.11. The van der Waals surface area contributed by atoms with Gasteiger partial charge in [-0.05, 0) is 29.8 Å². The van der Waals surface area contributed by atoms with Crippen LogP contribution in [0.25, 0.3) is 0 Å². The second-order valence-corrected chi connectivity index (χ2v) is 4.91. The van der Waals surface area contributed by atoms with E-state index in [-0.39, 0.29) is 5.56 Å². The van der Waals surface area contributed by atoms with Gasteiger partial charge in [-0.25, -0.2) is 4.79 Å². The minimum Gasteiger partial charge on any atom is -0.487 e. The third kappa shape index (κ3) is 3.66. The topological polar surface area (TPSA) is 75.8 Å². The number of nitrogens with two attached hydrogens (primary N) is 1. The Morgan fingerprint density at radius 1 is 1.19 bits per heavy atom. The zero-order valence-corrected chi connectivity index (χ0v) is 12.0. The molecule has 0 aliphatic rings. The number of nitrogens with zero attached hydrogens (tertiary/aromatic N) is 1. The van der Waals surface area contributed by atoms with Gasteiger partial charge in [0.2, 0.25) is 0 Å². The highest BCUT2D eigenvalue weighted by Gasteiger charge is 2.06. The maximum Gasteiger partial charge on any atom is 0.335 e. The van der Waals surface area contributed by atoms with Crippen LogP contribution in [0.1, 0.15) is 15.9 Å². The van der Waals surface area contributed by atoms with Crippen LogP contribution in [0.5, 0.6) is 5.75 Å². The minimum absolute atomic E-state index is 0.257. The van der Waals surface area contributed by atoms with Crippen molar-refractivity contribution in [2.24, 2.45) is 0 Å². The SMILES string of the molecule is CN(C)c1ccc(N)c(OCc2ccc(C(=O)O)cc2)c1. The molecule has 0 unspecified atom stereocenters. The Hall–Kier alpha value is -2.69. The van der Waals surface area contributed by atoms with Crippen molar-refractivity contribution in [3.8, 4) is 5.75 Å². The number of carbonyl (C=O) groups is 1. The molecule has 0 spiro atoms. The molecule has 0 aliphatic carbocycles. The van der Waals surface area contributed by atoms with E-state index in [4.69, 9.17) is 15.6 Å². The summed E-state index contributed by atoms with van der Waals surface area (Å²) in [4.78, 5) is 12.8. The first kappa shape index (κ1) is 14.7.